The van der Waals surface area contributed by atoms with E-state index >= 15 is 0 Å². The van der Waals surface area contributed by atoms with Gasteiger partial charge in [0.15, 0.2) is 5.78 Å². The van der Waals surface area contributed by atoms with Gasteiger partial charge < -0.3 is 9.47 Å². The lowest BCUT2D eigenvalue weighted by molar-refractivity contribution is -0.121. The molecule has 4 aromatic heterocycles. The molecule has 0 fully saturated rings. The quantitative estimate of drug-likeness (QED) is 0.134. The van der Waals surface area contributed by atoms with Crippen molar-refractivity contribution < 1.29 is 14.3 Å². The predicted molar refractivity (Wildman–Crippen MR) is 161 cm³/mol. The van der Waals surface area contributed by atoms with Crippen LogP contribution in [-0.4, -0.2) is 48.5 Å². The Morgan fingerprint density at radius 1 is 0.780 bits per heavy atom. The molecule has 0 aliphatic rings. The smallest absolute Gasteiger partial charge is 0.155 e. The highest BCUT2D eigenvalue weighted by atomic mass is 16.5. The summed E-state index contributed by atoms with van der Waals surface area (Å²) in [5.74, 6) is 0.0164. The average molecular weight is 559 g/mol. The Morgan fingerprint density at radius 2 is 1.27 bits per heavy atom. The third-order valence-electron chi connectivity index (χ3n) is 6.08. The van der Waals surface area contributed by atoms with Gasteiger partial charge in [-0.25, -0.2) is 0 Å². The molecule has 0 bridgehead atoms. The van der Waals surface area contributed by atoms with E-state index in [1.54, 1.807) is 12.4 Å². The van der Waals surface area contributed by atoms with E-state index in [0.717, 1.165) is 45.9 Å². The number of nitrogens with zero attached hydrogens (tertiary/aromatic N) is 6. The number of Topliss-reactive ketones (excluding diaryl/α,β-unsaturated/α-hetero) is 1. The number of ketones is 1. The summed E-state index contributed by atoms with van der Waals surface area (Å²) in [5.41, 5.74) is 6.96. The van der Waals surface area contributed by atoms with Gasteiger partial charge in [-0.05, 0) is 72.2 Å². The number of pyridine rings is 2. The molecule has 0 atom stereocenters. The third kappa shape index (κ3) is 9.30. The number of hydrogen-bond acceptors (Lipinski definition) is 7. The molecule has 0 saturated carbocycles. The van der Waals surface area contributed by atoms with E-state index in [1.807, 2.05) is 59.0 Å². The SMILES string of the molecule is C=C(C)CCOCc1cccnc1-c1ccnn1C(C)C.CC(=O)COCc1cccnc1-c1ccnn1C(C)C. The summed E-state index contributed by atoms with van der Waals surface area (Å²) in [6, 6.07) is 12.3. The monoisotopic (exact) mass is 558 g/mol. The summed E-state index contributed by atoms with van der Waals surface area (Å²) in [5, 5.41) is 8.70. The first-order valence-electron chi connectivity index (χ1n) is 13.9. The van der Waals surface area contributed by atoms with Crippen molar-refractivity contribution in [3.63, 3.8) is 0 Å². The first-order chi connectivity index (χ1) is 19.7. The summed E-state index contributed by atoms with van der Waals surface area (Å²) in [4.78, 5) is 19.9. The maximum absolute atomic E-state index is 10.9. The largest absolute Gasteiger partial charge is 0.376 e. The normalized spacial score (nSPS) is 11.0. The molecule has 41 heavy (non-hydrogen) atoms. The Bertz CT molecular complexity index is 1410. The van der Waals surface area contributed by atoms with Crippen LogP contribution >= 0.6 is 0 Å². The lowest BCUT2D eigenvalue weighted by atomic mass is 10.1. The molecule has 9 nitrogen and oxygen atoms in total. The Balaban J connectivity index is 0.000000226. The van der Waals surface area contributed by atoms with Crippen LogP contribution < -0.4 is 0 Å². The molecule has 4 aromatic rings. The number of carbonyl (C=O) groups excluding carboxylic acids is 1. The third-order valence-corrected chi connectivity index (χ3v) is 6.08. The fourth-order valence-electron chi connectivity index (χ4n) is 4.13. The van der Waals surface area contributed by atoms with Crippen molar-refractivity contribution in [2.24, 2.45) is 0 Å². The van der Waals surface area contributed by atoms with Gasteiger partial charge in [0.1, 0.15) is 6.61 Å². The number of aromatic nitrogens is 6. The summed E-state index contributed by atoms with van der Waals surface area (Å²) < 4.78 is 15.1. The molecule has 9 heteroatoms. The van der Waals surface area contributed by atoms with Crippen LogP contribution in [0.15, 0.2) is 73.3 Å². The fourth-order valence-corrected chi connectivity index (χ4v) is 4.13. The number of ether oxygens (including phenoxy) is 2. The highest BCUT2D eigenvalue weighted by Crippen LogP contribution is 2.25. The molecule has 4 rings (SSSR count). The molecule has 0 spiro atoms. The highest BCUT2D eigenvalue weighted by molar-refractivity contribution is 5.76. The van der Waals surface area contributed by atoms with Gasteiger partial charge in [0.05, 0.1) is 42.6 Å². The first kappa shape index (κ1) is 31.6. The van der Waals surface area contributed by atoms with Gasteiger partial charge in [0.25, 0.3) is 0 Å². The summed E-state index contributed by atoms with van der Waals surface area (Å²) in [7, 11) is 0. The van der Waals surface area contributed by atoms with E-state index < -0.39 is 0 Å². The molecule has 0 aliphatic heterocycles. The molecule has 0 amide bonds. The van der Waals surface area contributed by atoms with Crippen LogP contribution in [0.4, 0.5) is 0 Å². The van der Waals surface area contributed by atoms with Crippen LogP contribution in [0.5, 0.6) is 0 Å². The molecule has 0 saturated heterocycles. The summed E-state index contributed by atoms with van der Waals surface area (Å²) in [6.07, 6.45) is 8.03. The second kappa shape index (κ2) is 15.7. The molecule has 0 aliphatic carbocycles. The minimum Gasteiger partial charge on any atom is -0.376 e. The summed E-state index contributed by atoms with van der Waals surface area (Å²) >= 11 is 0. The second-order valence-corrected chi connectivity index (χ2v) is 10.5. The van der Waals surface area contributed by atoms with Gasteiger partial charge in [0.2, 0.25) is 0 Å². The van der Waals surface area contributed by atoms with Crippen molar-refractivity contribution in [2.45, 2.75) is 73.3 Å². The van der Waals surface area contributed by atoms with Gasteiger partial charge >= 0.3 is 0 Å². The van der Waals surface area contributed by atoms with Crippen molar-refractivity contribution in [1.29, 1.82) is 0 Å². The van der Waals surface area contributed by atoms with E-state index in [-0.39, 0.29) is 18.4 Å². The average Bonchev–Trinajstić information content (AvgIpc) is 3.62. The van der Waals surface area contributed by atoms with Crippen LogP contribution in [0.1, 0.15) is 71.2 Å². The number of rotatable bonds is 13. The van der Waals surface area contributed by atoms with Gasteiger partial charge in [-0.2, -0.15) is 10.2 Å². The zero-order valence-corrected chi connectivity index (χ0v) is 25.1. The molecule has 218 valence electrons. The van der Waals surface area contributed by atoms with Gasteiger partial charge in [-0.3, -0.25) is 24.1 Å². The zero-order chi connectivity index (χ0) is 29.8. The fraction of sp³-hybridized carbons (Fsp3) is 0.406. The van der Waals surface area contributed by atoms with Crippen LogP contribution in [0, 0.1) is 0 Å². The minimum atomic E-state index is 0.0164. The van der Waals surface area contributed by atoms with Crippen LogP contribution in [0.25, 0.3) is 22.8 Å². The predicted octanol–water partition coefficient (Wildman–Crippen LogP) is 6.64. The molecular formula is C32H42N6O3. The lowest BCUT2D eigenvalue weighted by Crippen LogP contribution is -2.08. The number of carbonyl (C=O) groups is 1. The molecule has 0 unspecified atom stereocenters. The standard InChI is InChI=1S/C17H23N3O.C15H19N3O2/c1-13(2)8-11-21-12-15-6-5-9-18-17(15)16-7-10-19-20(16)14(3)4;1-11(2)18-14(6-8-17-18)15-13(5-4-7-16-15)10-20-9-12(3)19/h5-7,9-10,14H,1,8,11-12H2,2-4H3;4-8,11H,9-10H2,1-3H3. The Morgan fingerprint density at radius 3 is 1.71 bits per heavy atom. The lowest BCUT2D eigenvalue weighted by Gasteiger charge is -2.13. The van der Waals surface area contributed by atoms with Crippen molar-refractivity contribution in [3.05, 3.63) is 84.5 Å². The molecule has 0 aromatic carbocycles. The van der Waals surface area contributed by atoms with Crippen molar-refractivity contribution in [3.8, 4) is 22.8 Å². The zero-order valence-electron chi connectivity index (χ0n) is 25.1. The molecular weight excluding hydrogens is 516 g/mol. The van der Waals surface area contributed by atoms with E-state index in [4.69, 9.17) is 9.47 Å². The number of hydrogen-bond donors (Lipinski definition) is 0. The Labute approximate surface area is 243 Å². The van der Waals surface area contributed by atoms with E-state index in [1.165, 1.54) is 6.92 Å². The topological polar surface area (TPSA) is 97.0 Å². The van der Waals surface area contributed by atoms with Crippen molar-refractivity contribution in [2.75, 3.05) is 13.2 Å². The van der Waals surface area contributed by atoms with E-state index in [0.29, 0.717) is 25.9 Å². The molecule has 4 heterocycles. The molecule has 0 N–H and O–H groups in total. The maximum atomic E-state index is 10.9. The van der Waals surface area contributed by atoms with Gasteiger partial charge in [-0.15, -0.1) is 6.58 Å². The van der Waals surface area contributed by atoms with E-state index in [2.05, 4.69) is 60.5 Å². The van der Waals surface area contributed by atoms with Crippen LogP contribution in [0.3, 0.4) is 0 Å². The van der Waals surface area contributed by atoms with E-state index in [9.17, 15) is 4.79 Å². The minimum absolute atomic E-state index is 0.0164. The van der Waals surface area contributed by atoms with Crippen LogP contribution in [0.2, 0.25) is 0 Å². The highest BCUT2D eigenvalue weighted by Gasteiger charge is 2.14. The Hall–Kier alpha value is -3.95. The first-order valence-corrected chi connectivity index (χ1v) is 13.9. The Kier molecular flexibility index (Phi) is 12.1. The van der Waals surface area contributed by atoms with Gasteiger partial charge in [-0.1, -0.05) is 17.7 Å². The summed E-state index contributed by atoms with van der Waals surface area (Å²) in [6.45, 7) is 17.5. The molecule has 0 radical (unpaired) electrons. The maximum Gasteiger partial charge on any atom is 0.155 e. The second-order valence-electron chi connectivity index (χ2n) is 10.5. The van der Waals surface area contributed by atoms with Crippen molar-refractivity contribution in [1.82, 2.24) is 29.5 Å². The van der Waals surface area contributed by atoms with Crippen molar-refractivity contribution >= 4 is 5.78 Å². The van der Waals surface area contributed by atoms with Gasteiger partial charge in [0, 0.05) is 48.0 Å². The van der Waals surface area contributed by atoms with Crippen LogP contribution in [-0.2, 0) is 27.5 Å².